The van der Waals surface area contributed by atoms with Crippen LogP contribution in [0.5, 0.6) is 5.75 Å². The minimum atomic E-state index is -0.840. The third-order valence-electron chi connectivity index (χ3n) is 6.69. The monoisotopic (exact) mass is 513 g/mol. The van der Waals surface area contributed by atoms with Crippen LogP contribution in [0.3, 0.4) is 0 Å². The van der Waals surface area contributed by atoms with Crippen molar-refractivity contribution < 1.29 is 23.9 Å². The van der Waals surface area contributed by atoms with Crippen molar-refractivity contribution in [1.82, 2.24) is 4.90 Å². The number of nitrogens with zero attached hydrogens (tertiary/aromatic N) is 2. The van der Waals surface area contributed by atoms with Gasteiger partial charge < -0.3 is 15.0 Å². The molecule has 0 aliphatic carbocycles. The maximum atomic E-state index is 13.9. The van der Waals surface area contributed by atoms with Crippen LogP contribution in [-0.2, 0) is 20.9 Å². The molecule has 1 N–H and O–H groups in total. The number of hydrogen-bond acceptors (Lipinski definition) is 5. The van der Waals surface area contributed by atoms with E-state index < -0.39 is 23.6 Å². The summed E-state index contributed by atoms with van der Waals surface area (Å²) in [4.78, 5) is 55.5. The van der Waals surface area contributed by atoms with Crippen LogP contribution in [-0.4, -0.2) is 48.1 Å². The summed E-state index contributed by atoms with van der Waals surface area (Å²) in [5, 5.41) is 2.91. The molecule has 0 spiro atoms. The van der Waals surface area contributed by atoms with Crippen LogP contribution >= 0.6 is 0 Å². The standard InChI is InChI=1S/C30H31N3O5/c1-19(2)27(29(36)31-22-13-15-23(38-4)16-14-22)33(17-21-10-6-5-9-20(21)3)26(34)18-32-25-12-8-7-11-24(25)28(35)30(32)37/h5-16,19,27H,17-18H2,1-4H3,(H,31,36)/t27-/m1/s1. The number of ketones is 1. The molecule has 0 saturated heterocycles. The number of Topliss-reactive ketones (excluding diaryl/α,β-unsaturated/α-hetero) is 1. The topological polar surface area (TPSA) is 96.0 Å². The first kappa shape index (κ1) is 26.6. The number of para-hydroxylation sites is 1. The molecule has 0 aromatic heterocycles. The second-order valence-electron chi connectivity index (χ2n) is 9.59. The van der Waals surface area contributed by atoms with E-state index in [1.807, 2.05) is 45.0 Å². The Bertz CT molecular complexity index is 1370. The Morgan fingerprint density at radius 3 is 2.26 bits per heavy atom. The zero-order chi connectivity index (χ0) is 27.4. The smallest absolute Gasteiger partial charge is 0.299 e. The minimum absolute atomic E-state index is 0.169. The van der Waals surface area contributed by atoms with Crippen molar-refractivity contribution in [1.29, 1.82) is 0 Å². The molecule has 0 radical (unpaired) electrons. The molecule has 3 aromatic carbocycles. The molecule has 3 amide bonds. The van der Waals surface area contributed by atoms with Crippen LogP contribution in [0, 0.1) is 12.8 Å². The predicted molar refractivity (Wildman–Crippen MR) is 145 cm³/mol. The van der Waals surface area contributed by atoms with Gasteiger partial charge in [-0.3, -0.25) is 24.1 Å². The van der Waals surface area contributed by atoms with E-state index in [1.165, 1.54) is 9.80 Å². The number of ether oxygens (including phenoxy) is 1. The Morgan fingerprint density at radius 2 is 1.61 bits per heavy atom. The van der Waals surface area contributed by atoms with Crippen molar-refractivity contribution in [2.45, 2.75) is 33.4 Å². The first-order chi connectivity index (χ1) is 18.2. The summed E-state index contributed by atoms with van der Waals surface area (Å²) in [6.07, 6.45) is 0. The Labute approximate surface area is 222 Å². The summed E-state index contributed by atoms with van der Waals surface area (Å²) in [5.74, 6) is -1.77. The number of benzene rings is 3. The number of aryl methyl sites for hydroxylation is 1. The molecule has 3 aromatic rings. The van der Waals surface area contributed by atoms with E-state index in [0.717, 1.165) is 11.1 Å². The third-order valence-corrected chi connectivity index (χ3v) is 6.69. The highest BCUT2D eigenvalue weighted by molar-refractivity contribution is 6.52. The second kappa shape index (κ2) is 11.3. The summed E-state index contributed by atoms with van der Waals surface area (Å²) < 4.78 is 5.19. The van der Waals surface area contributed by atoms with Gasteiger partial charge in [-0.1, -0.05) is 50.2 Å². The Morgan fingerprint density at radius 1 is 0.947 bits per heavy atom. The van der Waals surface area contributed by atoms with Gasteiger partial charge in [0.05, 0.1) is 18.4 Å². The van der Waals surface area contributed by atoms with Gasteiger partial charge in [-0.15, -0.1) is 0 Å². The van der Waals surface area contributed by atoms with Gasteiger partial charge in [-0.25, -0.2) is 0 Å². The average Bonchev–Trinajstić information content (AvgIpc) is 3.14. The maximum Gasteiger partial charge on any atom is 0.299 e. The lowest BCUT2D eigenvalue weighted by Crippen LogP contribution is -2.53. The molecule has 0 fully saturated rings. The molecule has 38 heavy (non-hydrogen) atoms. The van der Waals surface area contributed by atoms with E-state index in [1.54, 1.807) is 55.6 Å². The minimum Gasteiger partial charge on any atom is -0.497 e. The number of methoxy groups -OCH3 is 1. The van der Waals surface area contributed by atoms with Gasteiger partial charge in [-0.2, -0.15) is 0 Å². The van der Waals surface area contributed by atoms with Gasteiger partial charge >= 0.3 is 0 Å². The first-order valence-corrected chi connectivity index (χ1v) is 12.5. The summed E-state index contributed by atoms with van der Waals surface area (Å²) in [6.45, 7) is 5.50. The van der Waals surface area contributed by atoms with Crippen LogP contribution in [0.1, 0.15) is 35.3 Å². The van der Waals surface area contributed by atoms with E-state index >= 15 is 0 Å². The highest BCUT2D eigenvalue weighted by Gasteiger charge is 2.39. The molecule has 8 heteroatoms. The molecule has 1 atom stereocenters. The zero-order valence-electron chi connectivity index (χ0n) is 21.9. The largest absolute Gasteiger partial charge is 0.497 e. The van der Waals surface area contributed by atoms with Crippen LogP contribution in [0.15, 0.2) is 72.8 Å². The van der Waals surface area contributed by atoms with Gasteiger partial charge in [0.1, 0.15) is 18.3 Å². The van der Waals surface area contributed by atoms with Gasteiger partial charge in [0, 0.05) is 12.2 Å². The van der Waals surface area contributed by atoms with E-state index in [4.69, 9.17) is 4.74 Å². The first-order valence-electron chi connectivity index (χ1n) is 12.5. The molecule has 0 unspecified atom stereocenters. The summed E-state index contributed by atoms with van der Waals surface area (Å²) in [5.41, 5.74) is 3.09. The molecule has 1 aliphatic heterocycles. The zero-order valence-corrected chi connectivity index (χ0v) is 21.9. The Kier molecular flexibility index (Phi) is 7.90. The van der Waals surface area contributed by atoms with Crippen LogP contribution in [0.2, 0.25) is 0 Å². The molecule has 1 aliphatic rings. The van der Waals surface area contributed by atoms with Crippen molar-refractivity contribution in [3.8, 4) is 5.75 Å². The van der Waals surface area contributed by atoms with Gasteiger partial charge in [0.2, 0.25) is 11.8 Å². The number of hydrogen-bond donors (Lipinski definition) is 1. The highest BCUT2D eigenvalue weighted by atomic mass is 16.5. The van der Waals surface area contributed by atoms with E-state index in [0.29, 0.717) is 17.1 Å². The number of fused-ring (bicyclic) bond motifs is 1. The number of carbonyl (C=O) groups excluding carboxylic acids is 4. The highest BCUT2D eigenvalue weighted by Crippen LogP contribution is 2.29. The molecule has 1 heterocycles. The van der Waals surface area contributed by atoms with Gasteiger partial charge in [0.25, 0.3) is 11.7 Å². The van der Waals surface area contributed by atoms with E-state index in [-0.39, 0.29) is 30.5 Å². The normalized spacial score (nSPS) is 13.3. The fourth-order valence-electron chi connectivity index (χ4n) is 4.64. The number of amides is 3. The number of carbonyl (C=O) groups is 4. The van der Waals surface area contributed by atoms with Crippen molar-refractivity contribution in [2.75, 3.05) is 23.9 Å². The van der Waals surface area contributed by atoms with Crippen molar-refractivity contribution in [3.63, 3.8) is 0 Å². The molecule has 196 valence electrons. The quantitative estimate of drug-likeness (QED) is 0.432. The fraction of sp³-hybridized carbons (Fsp3) is 0.267. The molecular weight excluding hydrogens is 482 g/mol. The average molecular weight is 514 g/mol. The van der Waals surface area contributed by atoms with Gasteiger partial charge in [-0.05, 0) is 60.4 Å². The third kappa shape index (κ3) is 5.44. The summed E-state index contributed by atoms with van der Waals surface area (Å²) in [6, 6.07) is 20.4. The molecule has 0 saturated carbocycles. The molecule has 8 nitrogen and oxygen atoms in total. The number of anilines is 2. The predicted octanol–water partition coefficient (Wildman–Crippen LogP) is 4.23. The number of rotatable bonds is 9. The fourth-order valence-corrected chi connectivity index (χ4v) is 4.64. The molecule has 0 bridgehead atoms. The van der Waals surface area contributed by atoms with Crippen LogP contribution in [0.25, 0.3) is 0 Å². The lowest BCUT2D eigenvalue weighted by molar-refractivity contribution is -0.140. The second-order valence-corrected chi connectivity index (χ2v) is 9.59. The molecular formula is C30H31N3O5. The van der Waals surface area contributed by atoms with Crippen LogP contribution in [0.4, 0.5) is 11.4 Å². The lowest BCUT2D eigenvalue weighted by Gasteiger charge is -2.35. The molecule has 4 rings (SSSR count). The van der Waals surface area contributed by atoms with E-state index in [2.05, 4.69) is 5.32 Å². The summed E-state index contributed by atoms with van der Waals surface area (Å²) >= 11 is 0. The number of nitrogens with one attached hydrogen (secondary N) is 1. The van der Waals surface area contributed by atoms with Crippen molar-refractivity contribution in [3.05, 3.63) is 89.5 Å². The van der Waals surface area contributed by atoms with E-state index in [9.17, 15) is 19.2 Å². The van der Waals surface area contributed by atoms with Crippen LogP contribution < -0.4 is 15.0 Å². The lowest BCUT2D eigenvalue weighted by atomic mass is 9.99. The van der Waals surface area contributed by atoms with Gasteiger partial charge in [0.15, 0.2) is 0 Å². The van der Waals surface area contributed by atoms with Crippen molar-refractivity contribution in [2.24, 2.45) is 5.92 Å². The Hall–Kier alpha value is -4.46. The Balaban J connectivity index is 1.66. The van der Waals surface area contributed by atoms with Crippen molar-refractivity contribution >= 4 is 34.9 Å². The SMILES string of the molecule is COc1ccc(NC(=O)[C@@H](C(C)C)N(Cc2ccccc2C)C(=O)CN2C(=O)C(=O)c3ccccc32)cc1. The summed E-state index contributed by atoms with van der Waals surface area (Å²) in [7, 11) is 1.56. The maximum absolute atomic E-state index is 13.9.